The van der Waals surface area contributed by atoms with Crippen LogP contribution in [0.4, 0.5) is 0 Å². The maximum Gasteiger partial charge on any atom is 0.138 e. The first-order valence-corrected chi connectivity index (χ1v) is 3.50. The first-order valence-electron chi connectivity index (χ1n) is 3.50. The molecule has 3 atom stereocenters. The molecular formula is C7H10O2. The third kappa shape index (κ3) is 0.568. The minimum absolute atomic E-state index is 0.250. The molecule has 2 fully saturated rings. The Bertz CT molecular complexity index is 153. The standard InChI is InChI=1S/C7H10O2/c8-6-3-7(9)5-2-1-4(5)6/h4-6,8H,1-3H2/t4-,5+,6-/m0/s1. The molecule has 50 valence electrons. The van der Waals surface area contributed by atoms with Crippen LogP contribution < -0.4 is 0 Å². The number of aliphatic hydroxyl groups excluding tert-OH is 1. The number of carbonyl (C=O) groups is 1. The van der Waals surface area contributed by atoms with Crippen molar-refractivity contribution in [3.8, 4) is 0 Å². The van der Waals surface area contributed by atoms with Crippen LogP contribution in [0.5, 0.6) is 0 Å². The Hall–Kier alpha value is -0.370. The molecule has 0 spiro atoms. The van der Waals surface area contributed by atoms with E-state index in [1.807, 2.05) is 0 Å². The summed E-state index contributed by atoms with van der Waals surface area (Å²) in [5, 5.41) is 9.17. The Morgan fingerprint density at radius 3 is 2.44 bits per heavy atom. The van der Waals surface area contributed by atoms with Gasteiger partial charge < -0.3 is 5.11 Å². The molecule has 0 radical (unpaired) electrons. The molecule has 1 N–H and O–H groups in total. The molecule has 9 heavy (non-hydrogen) atoms. The molecule has 0 amide bonds. The first kappa shape index (κ1) is 5.42. The summed E-state index contributed by atoms with van der Waals surface area (Å²) < 4.78 is 0. The van der Waals surface area contributed by atoms with Gasteiger partial charge in [0.2, 0.25) is 0 Å². The number of carbonyl (C=O) groups excluding carboxylic acids is 1. The van der Waals surface area contributed by atoms with Gasteiger partial charge in [0.1, 0.15) is 5.78 Å². The molecule has 0 aromatic carbocycles. The van der Waals surface area contributed by atoms with Crippen LogP contribution in [0.25, 0.3) is 0 Å². The van der Waals surface area contributed by atoms with Gasteiger partial charge in [-0.1, -0.05) is 0 Å². The predicted octanol–water partition coefficient (Wildman–Crippen LogP) is 0.346. The number of hydrogen-bond donors (Lipinski definition) is 1. The second-order valence-corrected chi connectivity index (χ2v) is 3.09. The van der Waals surface area contributed by atoms with Gasteiger partial charge in [0.05, 0.1) is 6.10 Å². The summed E-state index contributed by atoms with van der Waals surface area (Å²) in [6, 6.07) is 0. The van der Waals surface area contributed by atoms with Crippen LogP contribution in [0.3, 0.4) is 0 Å². The van der Waals surface area contributed by atoms with Crippen molar-refractivity contribution in [3.63, 3.8) is 0 Å². The van der Waals surface area contributed by atoms with Gasteiger partial charge in [0, 0.05) is 12.3 Å². The maximum absolute atomic E-state index is 10.9. The smallest absolute Gasteiger partial charge is 0.138 e. The number of hydrogen-bond acceptors (Lipinski definition) is 2. The van der Waals surface area contributed by atoms with Crippen LogP contribution in [-0.2, 0) is 4.79 Å². The molecular weight excluding hydrogens is 116 g/mol. The fourth-order valence-corrected chi connectivity index (χ4v) is 1.89. The third-order valence-electron chi connectivity index (χ3n) is 2.65. The van der Waals surface area contributed by atoms with Crippen molar-refractivity contribution in [3.05, 3.63) is 0 Å². The monoisotopic (exact) mass is 126 g/mol. The van der Waals surface area contributed by atoms with E-state index < -0.39 is 0 Å². The largest absolute Gasteiger partial charge is 0.392 e. The van der Waals surface area contributed by atoms with E-state index in [-0.39, 0.29) is 12.0 Å². The van der Waals surface area contributed by atoms with E-state index in [0.717, 1.165) is 12.8 Å². The summed E-state index contributed by atoms with van der Waals surface area (Å²) in [4.78, 5) is 10.9. The molecule has 2 heteroatoms. The highest BCUT2D eigenvalue weighted by Crippen LogP contribution is 2.44. The Morgan fingerprint density at radius 2 is 2.22 bits per heavy atom. The van der Waals surface area contributed by atoms with Crippen molar-refractivity contribution < 1.29 is 9.90 Å². The van der Waals surface area contributed by atoms with Gasteiger partial charge in [0.25, 0.3) is 0 Å². The van der Waals surface area contributed by atoms with E-state index in [1.54, 1.807) is 0 Å². The Morgan fingerprint density at radius 1 is 1.44 bits per heavy atom. The Kier molecular flexibility index (Phi) is 0.943. The predicted molar refractivity (Wildman–Crippen MR) is 31.8 cm³/mol. The van der Waals surface area contributed by atoms with Crippen molar-refractivity contribution in [1.29, 1.82) is 0 Å². The number of fused-ring (bicyclic) bond motifs is 1. The molecule has 2 aliphatic carbocycles. The Labute approximate surface area is 53.9 Å². The summed E-state index contributed by atoms with van der Waals surface area (Å²) in [6.07, 6.45) is 2.23. The lowest BCUT2D eigenvalue weighted by Crippen LogP contribution is -2.29. The average Bonchev–Trinajstić information content (AvgIpc) is 1.73. The molecule has 0 aliphatic heterocycles. The van der Waals surface area contributed by atoms with Crippen molar-refractivity contribution in [2.45, 2.75) is 25.4 Å². The zero-order valence-corrected chi connectivity index (χ0v) is 5.21. The van der Waals surface area contributed by atoms with Crippen molar-refractivity contribution in [1.82, 2.24) is 0 Å². The van der Waals surface area contributed by atoms with Gasteiger partial charge >= 0.3 is 0 Å². The van der Waals surface area contributed by atoms with Crippen LogP contribution in [-0.4, -0.2) is 17.0 Å². The summed E-state index contributed by atoms with van der Waals surface area (Å²) in [5.41, 5.74) is 0. The molecule has 0 saturated heterocycles. The second kappa shape index (κ2) is 1.57. The zero-order chi connectivity index (χ0) is 6.43. The van der Waals surface area contributed by atoms with Crippen LogP contribution in [0.15, 0.2) is 0 Å². The molecule has 0 bridgehead atoms. The minimum atomic E-state index is -0.295. The van der Waals surface area contributed by atoms with Crippen LogP contribution in [0.1, 0.15) is 19.3 Å². The molecule has 2 saturated carbocycles. The summed E-state index contributed by atoms with van der Waals surface area (Å²) in [5.74, 6) is 0.885. The molecule has 0 heterocycles. The van der Waals surface area contributed by atoms with E-state index in [2.05, 4.69) is 0 Å². The van der Waals surface area contributed by atoms with Gasteiger partial charge in [-0.3, -0.25) is 4.79 Å². The van der Waals surface area contributed by atoms with E-state index in [0.29, 0.717) is 18.1 Å². The highest BCUT2D eigenvalue weighted by Gasteiger charge is 2.47. The van der Waals surface area contributed by atoms with E-state index in [9.17, 15) is 4.79 Å². The summed E-state index contributed by atoms with van der Waals surface area (Å²) in [6.45, 7) is 0. The minimum Gasteiger partial charge on any atom is -0.392 e. The highest BCUT2D eigenvalue weighted by atomic mass is 16.3. The quantitative estimate of drug-likeness (QED) is 0.508. The van der Waals surface area contributed by atoms with Gasteiger partial charge in [-0.15, -0.1) is 0 Å². The number of Topliss-reactive ketones (excluding diaryl/α,β-unsaturated/α-hetero) is 1. The van der Waals surface area contributed by atoms with E-state index >= 15 is 0 Å². The molecule has 0 aromatic heterocycles. The molecule has 0 aromatic rings. The molecule has 2 aliphatic rings. The van der Waals surface area contributed by atoms with Crippen LogP contribution in [0, 0.1) is 11.8 Å². The van der Waals surface area contributed by atoms with Crippen molar-refractivity contribution in [2.75, 3.05) is 0 Å². The fourth-order valence-electron chi connectivity index (χ4n) is 1.89. The third-order valence-corrected chi connectivity index (χ3v) is 2.65. The average molecular weight is 126 g/mol. The number of ketones is 1. The topological polar surface area (TPSA) is 37.3 Å². The van der Waals surface area contributed by atoms with Crippen molar-refractivity contribution >= 4 is 5.78 Å². The second-order valence-electron chi connectivity index (χ2n) is 3.09. The van der Waals surface area contributed by atoms with Crippen LogP contribution in [0.2, 0.25) is 0 Å². The number of rotatable bonds is 0. The fraction of sp³-hybridized carbons (Fsp3) is 0.857. The van der Waals surface area contributed by atoms with Crippen molar-refractivity contribution in [2.24, 2.45) is 11.8 Å². The number of aliphatic hydroxyl groups is 1. The van der Waals surface area contributed by atoms with Gasteiger partial charge in [-0.05, 0) is 18.8 Å². The molecule has 2 rings (SSSR count). The lowest BCUT2D eigenvalue weighted by molar-refractivity contribution is -0.123. The highest BCUT2D eigenvalue weighted by molar-refractivity contribution is 5.85. The SMILES string of the molecule is O=C1C[C@H](O)[C@H]2CC[C@@H]12. The van der Waals surface area contributed by atoms with E-state index in [1.165, 1.54) is 0 Å². The molecule has 2 nitrogen and oxygen atoms in total. The van der Waals surface area contributed by atoms with Gasteiger partial charge in [0.15, 0.2) is 0 Å². The molecule has 0 unspecified atom stereocenters. The lowest BCUT2D eigenvalue weighted by atomic mass is 9.75. The summed E-state index contributed by atoms with van der Waals surface area (Å²) >= 11 is 0. The summed E-state index contributed by atoms with van der Waals surface area (Å²) in [7, 11) is 0. The van der Waals surface area contributed by atoms with Crippen LogP contribution >= 0.6 is 0 Å². The Balaban J connectivity index is 2.17. The zero-order valence-electron chi connectivity index (χ0n) is 5.21. The van der Waals surface area contributed by atoms with E-state index in [4.69, 9.17) is 5.11 Å². The maximum atomic E-state index is 10.9. The first-order chi connectivity index (χ1) is 4.29. The van der Waals surface area contributed by atoms with Gasteiger partial charge in [-0.25, -0.2) is 0 Å². The normalized spacial score (nSPS) is 48.6. The van der Waals surface area contributed by atoms with Gasteiger partial charge in [-0.2, -0.15) is 0 Å². The lowest BCUT2D eigenvalue weighted by Gasteiger charge is -2.30.